The average molecular weight is 252 g/mol. The predicted octanol–water partition coefficient (Wildman–Crippen LogP) is 4.19. The van der Waals surface area contributed by atoms with Crippen molar-refractivity contribution in [2.75, 3.05) is 0 Å². The third kappa shape index (κ3) is 3.10. The number of ether oxygens (including phenoxy) is 1. The molecular formula is C17H16O2. The summed E-state index contributed by atoms with van der Waals surface area (Å²) in [6.07, 6.45) is 3.19. The molecule has 2 aromatic rings. The van der Waals surface area contributed by atoms with Gasteiger partial charge in [-0.05, 0) is 22.4 Å². The molecule has 0 bridgehead atoms. The number of hydrogen-bond donors (Lipinski definition) is 0. The molecule has 2 nitrogen and oxygen atoms in total. The molecule has 0 aromatic heterocycles. The first-order chi connectivity index (χ1) is 9.24. The van der Waals surface area contributed by atoms with Crippen LogP contribution in [0.4, 0.5) is 0 Å². The highest BCUT2D eigenvalue weighted by Crippen LogP contribution is 2.25. The Kier molecular flexibility index (Phi) is 4.14. The predicted molar refractivity (Wildman–Crippen MR) is 77.8 cm³/mol. The highest BCUT2D eigenvalue weighted by Gasteiger charge is 2.14. The lowest BCUT2D eigenvalue weighted by Crippen LogP contribution is -2.08. The van der Waals surface area contributed by atoms with E-state index in [4.69, 9.17) is 4.74 Å². The third-order valence-corrected chi connectivity index (χ3v) is 2.95. The van der Waals surface area contributed by atoms with Crippen LogP contribution in [0.15, 0.2) is 67.8 Å². The van der Waals surface area contributed by atoms with E-state index in [1.165, 1.54) is 11.5 Å². The van der Waals surface area contributed by atoms with Gasteiger partial charge in [-0.15, -0.1) is 6.58 Å². The second kappa shape index (κ2) is 6.01. The number of hydrogen-bond acceptors (Lipinski definition) is 2. The Balaban J connectivity index is 2.35. The van der Waals surface area contributed by atoms with Crippen LogP contribution in [0.2, 0.25) is 0 Å². The summed E-state index contributed by atoms with van der Waals surface area (Å²) in [5.41, 5.74) is 0.966. The van der Waals surface area contributed by atoms with Gasteiger partial charge in [-0.3, -0.25) is 0 Å². The lowest BCUT2D eigenvalue weighted by atomic mass is 10.0. The zero-order valence-corrected chi connectivity index (χ0v) is 10.7. The van der Waals surface area contributed by atoms with Crippen LogP contribution in [0.3, 0.4) is 0 Å². The van der Waals surface area contributed by atoms with Crippen LogP contribution in [0.1, 0.15) is 18.1 Å². The number of rotatable bonds is 5. The Labute approximate surface area is 113 Å². The lowest BCUT2D eigenvalue weighted by Gasteiger charge is -2.16. The molecule has 0 spiro atoms. The molecule has 0 heterocycles. The fourth-order valence-corrected chi connectivity index (χ4v) is 2.00. The van der Waals surface area contributed by atoms with E-state index in [0.717, 1.165) is 10.9 Å². The fraction of sp³-hybridized carbons (Fsp3) is 0.118. The highest BCUT2D eigenvalue weighted by atomic mass is 16.5. The van der Waals surface area contributed by atoms with Crippen LogP contribution < -0.4 is 0 Å². The summed E-state index contributed by atoms with van der Waals surface area (Å²) in [6, 6.07) is 14.1. The van der Waals surface area contributed by atoms with Crippen molar-refractivity contribution in [3.63, 3.8) is 0 Å². The first kappa shape index (κ1) is 13.1. The van der Waals surface area contributed by atoms with Gasteiger partial charge in [0.1, 0.15) is 6.10 Å². The standard InChI is InChI=1S/C17H16O2/c1-3-7-16(19-17(18)4-2)15-11-10-13-8-5-6-9-14(13)12-15/h3-6,8-12,16H,1-2,7H2/t16-/m0/s1. The van der Waals surface area contributed by atoms with Crippen molar-refractivity contribution in [1.29, 1.82) is 0 Å². The van der Waals surface area contributed by atoms with E-state index in [-0.39, 0.29) is 6.10 Å². The maximum absolute atomic E-state index is 11.4. The summed E-state index contributed by atoms with van der Waals surface area (Å²) in [6.45, 7) is 7.12. The monoisotopic (exact) mass is 252 g/mol. The van der Waals surface area contributed by atoms with Crippen molar-refractivity contribution < 1.29 is 9.53 Å². The number of carbonyl (C=O) groups is 1. The zero-order valence-electron chi connectivity index (χ0n) is 10.7. The van der Waals surface area contributed by atoms with Crippen molar-refractivity contribution in [3.05, 3.63) is 73.3 Å². The summed E-state index contributed by atoms with van der Waals surface area (Å²) in [4.78, 5) is 11.4. The molecule has 19 heavy (non-hydrogen) atoms. The maximum Gasteiger partial charge on any atom is 0.330 e. The number of benzene rings is 2. The van der Waals surface area contributed by atoms with Gasteiger partial charge >= 0.3 is 5.97 Å². The van der Waals surface area contributed by atoms with Crippen molar-refractivity contribution in [2.45, 2.75) is 12.5 Å². The summed E-state index contributed by atoms with van der Waals surface area (Å²) < 4.78 is 5.35. The SMILES string of the molecule is C=CC[C@H](OC(=O)C=C)c1ccc2ccccc2c1. The van der Waals surface area contributed by atoms with E-state index in [1.807, 2.05) is 36.4 Å². The molecule has 2 aromatic carbocycles. The van der Waals surface area contributed by atoms with Crippen molar-refractivity contribution in [3.8, 4) is 0 Å². The molecule has 0 radical (unpaired) electrons. The van der Waals surface area contributed by atoms with Crippen LogP contribution in [-0.2, 0) is 9.53 Å². The molecule has 2 heteroatoms. The largest absolute Gasteiger partial charge is 0.454 e. The molecule has 0 saturated heterocycles. The van der Waals surface area contributed by atoms with Gasteiger partial charge in [0.05, 0.1) is 0 Å². The molecule has 96 valence electrons. The molecule has 0 amide bonds. The molecule has 0 aliphatic rings. The van der Waals surface area contributed by atoms with Crippen LogP contribution in [-0.4, -0.2) is 5.97 Å². The van der Waals surface area contributed by atoms with Gasteiger partial charge in [-0.2, -0.15) is 0 Å². The van der Waals surface area contributed by atoms with Gasteiger partial charge in [0.25, 0.3) is 0 Å². The molecule has 0 saturated carbocycles. The maximum atomic E-state index is 11.4. The molecule has 2 rings (SSSR count). The number of esters is 1. The Morgan fingerprint density at radius 3 is 2.58 bits per heavy atom. The van der Waals surface area contributed by atoms with Crippen molar-refractivity contribution in [2.24, 2.45) is 0 Å². The van der Waals surface area contributed by atoms with Gasteiger partial charge in [-0.25, -0.2) is 4.79 Å². The van der Waals surface area contributed by atoms with Crippen LogP contribution in [0, 0.1) is 0 Å². The normalized spacial score (nSPS) is 11.8. The first-order valence-electron chi connectivity index (χ1n) is 6.17. The zero-order chi connectivity index (χ0) is 13.7. The molecule has 0 aliphatic carbocycles. The lowest BCUT2D eigenvalue weighted by molar-refractivity contribution is -0.143. The Bertz CT molecular complexity index is 613. The number of fused-ring (bicyclic) bond motifs is 1. The molecule has 0 fully saturated rings. The second-order valence-corrected chi connectivity index (χ2v) is 4.26. The van der Waals surface area contributed by atoms with E-state index in [9.17, 15) is 4.79 Å². The van der Waals surface area contributed by atoms with E-state index in [0.29, 0.717) is 6.42 Å². The van der Waals surface area contributed by atoms with E-state index >= 15 is 0 Å². The van der Waals surface area contributed by atoms with Gasteiger partial charge in [0, 0.05) is 12.5 Å². The van der Waals surface area contributed by atoms with E-state index in [2.05, 4.69) is 19.2 Å². The van der Waals surface area contributed by atoms with Crippen LogP contribution in [0.25, 0.3) is 10.8 Å². The summed E-state index contributed by atoms with van der Waals surface area (Å²) in [7, 11) is 0. The Hall–Kier alpha value is -2.35. The summed E-state index contributed by atoms with van der Waals surface area (Å²) >= 11 is 0. The molecule has 0 unspecified atom stereocenters. The van der Waals surface area contributed by atoms with Gasteiger partial charge in [-0.1, -0.05) is 49.1 Å². The topological polar surface area (TPSA) is 26.3 Å². The quantitative estimate of drug-likeness (QED) is 0.453. The Morgan fingerprint density at radius 2 is 1.89 bits per heavy atom. The minimum absolute atomic E-state index is 0.312. The number of carbonyl (C=O) groups excluding carboxylic acids is 1. The highest BCUT2D eigenvalue weighted by molar-refractivity contribution is 5.84. The second-order valence-electron chi connectivity index (χ2n) is 4.26. The molecule has 1 atom stereocenters. The summed E-state index contributed by atoms with van der Waals surface area (Å²) in [5, 5.41) is 2.29. The van der Waals surface area contributed by atoms with Gasteiger partial charge < -0.3 is 4.74 Å². The van der Waals surface area contributed by atoms with E-state index < -0.39 is 5.97 Å². The van der Waals surface area contributed by atoms with E-state index in [1.54, 1.807) is 6.08 Å². The fourth-order valence-electron chi connectivity index (χ4n) is 2.00. The molecule has 0 aliphatic heterocycles. The molecule has 0 N–H and O–H groups in total. The third-order valence-electron chi connectivity index (χ3n) is 2.95. The Morgan fingerprint density at radius 1 is 1.16 bits per heavy atom. The smallest absolute Gasteiger partial charge is 0.330 e. The van der Waals surface area contributed by atoms with Gasteiger partial charge in [0.2, 0.25) is 0 Å². The average Bonchev–Trinajstić information content (AvgIpc) is 2.46. The molecular weight excluding hydrogens is 236 g/mol. The first-order valence-corrected chi connectivity index (χ1v) is 6.17. The van der Waals surface area contributed by atoms with Crippen molar-refractivity contribution in [1.82, 2.24) is 0 Å². The van der Waals surface area contributed by atoms with Crippen molar-refractivity contribution >= 4 is 16.7 Å². The van der Waals surface area contributed by atoms with Crippen LogP contribution in [0.5, 0.6) is 0 Å². The minimum Gasteiger partial charge on any atom is -0.454 e. The van der Waals surface area contributed by atoms with Crippen LogP contribution >= 0.6 is 0 Å². The van der Waals surface area contributed by atoms with Gasteiger partial charge in [0.15, 0.2) is 0 Å². The minimum atomic E-state index is -0.417. The summed E-state index contributed by atoms with van der Waals surface area (Å²) in [5.74, 6) is -0.417.